The van der Waals surface area contributed by atoms with Crippen LogP contribution in [0.3, 0.4) is 0 Å². The lowest BCUT2D eigenvalue weighted by Gasteiger charge is -2.06. The number of rotatable bonds is 4. The Morgan fingerprint density at radius 1 is 1.44 bits per heavy atom. The summed E-state index contributed by atoms with van der Waals surface area (Å²) in [5, 5.41) is 14.1. The maximum Gasteiger partial charge on any atom is 0.271 e. The molecule has 2 rings (SSSR count). The van der Waals surface area contributed by atoms with Crippen LogP contribution in [0.1, 0.15) is 4.88 Å². The molecule has 0 radical (unpaired) electrons. The molecule has 2 aromatic rings. The molecule has 0 saturated heterocycles. The summed E-state index contributed by atoms with van der Waals surface area (Å²) >= 11 is 13.0. The number of hydrogen-bond donors (Lipinski definition) is 1. The zero-order valence-corrected chi connectivity index (χ0v) is 11.2. The van der Waals surface area contributed by atoms with E-state index in [1.807, 2.05) is 0 Å². The molecule has 8 heteroatoms. The largest absolute Gasteiger partial charge is 0.379 e. The number of hydrogen-bond acceptors (Lipinski definition) is 5. The number of nitro groups is 1. The first-order valence-electron chi connectivity index (χ1n) is 4.84. The second kappa shape index (κ2) is 5.51. The lowest BCUT2D eigenvalue weighted by molar-refractivity contribution is -0.384. The van der Waals surface area contributed by atoms with Gasteiger partial charge in [0.15, 0.2) is 4.47 Å². The fraction of sp³-hybridized carbons (Fsp3) is 0.100. The number of nitrogens with one attached hydrogen (secondary N) is 1. The van der Waals surface area contributed by atoms with Crippen molar-refractivity contribution < 1.29 is 4.92 Å². The molecule has 1 aromatic carbocycles. The number of anilines is 1. The van der Waals surface area contributed by atoms with Gasteiger partial charge >= 0.3 is 0 Å². The van der Waals surface area contributed by atoms with Gasteiger partial charge in [-0.15, -0.1) is 11.3 Å². The number of nitro benzene ring substituents is 1. The Kier molecular flexibility index (Phi) is 4.00. The highest BCUT2D eigenvalue weighted by Gasteiger charge is 2.09. The van der Waals surface area contributed by atoms with Gasteiger partial charge < -0.3 is 5.32 Å². The molecule has 1 N–H and O–H groups in total. The first-order valence-corrected chi connectivity index (χ1v) is 6.41. The SMILES string of the molecule is O=[N+]([O-])c1ccc(Cl)c(NCc2cnc(Cl)s2)c1. The third-order valence-electron chi connectivity index (χ3n) is 2.14. The molecule has 0 aliphatic rings. The molecule has 18 heavy (non-hydrogen) atoms. The number of halogens is 2. The average Bonchev–Trinajstić information content (AvgIpc) is 2.74. The molecule has 0 fully saturated rings. The molecule has 0 atom stereocenters. The first kappa shape index (κ1) is 13.1. The van der Waals surface area contributed by atoms with Gasteiger partial charge in [0.25, 0.3) is 5.69 Å². The minimum atomic E-state index is -0.467. The van der Waals surface area contributed by atoms with Crippen LogP contribution in [0.4, 0.5) is 11.4 Å². The van der Waals surface area contributed by atoms with Crippen LogP contribution in [-0.2, 0) is 6.54 Å². The lowest BCUT2D eigenvalue weighted by atomic mass is 10.3. The zero-order chi connectivity index (χ0) is 13.1. The Morgan fingerprint density at radius 2 is 2.22 bits per heavy atom. The predicted octanol–water partition coefficient (Wildman–Crippen LogP) is 3.97. The van der Waals surface area contributed by atoms with Crippen molar-refractivity contribution in [3.63, 3.8) is 0 Å². The minimum Gasteiger partial charge on any atom is -0.379 e. The Morgan fingerprint density at radius 3 is 2.83 bits per heavy atom. The number of nitrogens with zero attached hydrogens (tertiary/aromatic N) is 2. The van der Waals surface area contributed by atoms with Crippen LogP contribution in [0.2, 0.25) is 9.49 Å². The van der Waals surface area contributed by atoms with Crippen LogP contribution in [-0.4, -0.2) is 9.91 Å². The van der Waals surface area contributed by atoms with Crippen molar-refractivity contribution in [2.75, 3.05) is 5.32 Å². The molecule has 0 spiro atoms. The van der Waals surface area contributed by atoms with Gasteiger partial charge in [-0.1, -0.05) is 23.2 Å². The summed E-state index contributed by atoms with van der Waals surface area (Å²) in [4.78, 5) is 15.0. The van der Waals surface area contributed by atoms with E-state index in [9.17, 15) is 10.1 Å². The summed E-state index contributed by atoms with van der Waals surface area (Å²) in [6.07, 6.45) is 1.64. The fourth-order valence-electron chi connectivity index (χ4n) is 1.31. The predicted molar refractivity (Wildman–Crippen MR) is 72.6 cm³/mol. The van der Waals surface area contributed by atoms with Gasteiger partial charge in [0.05, 0.1) is 22.2 Å². The molecule has 5 nitrogen and oxygen atoms in total. The average molecular weight is 304 g/mol. The monoisotopic (exact) mass is 303 g/mol. The van der Waals surface area contributed by atoms with Crippen LogP contribution < -0.4 is 5.32 Å². The first-order chi connectivity index (χ1) is 8.56. The fourth-order valence-corrected chi connectivity index (χ4v) is 2.41. The van der Waals surface area contributed by atoms with Crippen molar-refractivity contribution >= 4 is 45.9 Å². The van der Waals surface area contributed by atoms with Crippen molar-refractivity contribution in [1.29, 1.82) is 0 Å². The van der Waals surface area contributed by atoms with E-state index in [2.05, 4.69) is 10.3 Å². The molecule has 0 saturated carbocycles. The number of thiazole rings is 1. The lowest BCUT2D eigenvalue weighted by Crippen LogP contribution is -1.99. The van der Waals surface area contributed by atoms with Gasteiger partial charge in [-0.3, -0.25) is 10.1 Å². The summed E-state index contributed by atoms with van der Waals surface area (Å²) in [5.41, 5.74) is 0.500. The summed E-state index contributed by atoms with van der Waals surface area (Å²) in [6.45, 7) is 0.464. The van der Waals surface area contributed by atoms with Gasteiger partial charge in [0, 0.05) is 23.2 Å². The standard InChI is InChI=1S/C10H7Cl2N3O2S/c11-8-2-1-6(15(16)17)3-9(8)13-4-7-5-14-10(12)18-7/h1-3,5,13H,4H2. The van der Waals surface area contributed by atoms with E-state index in [0.717, 1.165) is 4.88 Å². The molecule has 0 bridgehead atoms. The Hall–Kier alpha value is -1.37. The highest BCUT2D eigenvalue weighted by molar-refractivity contribution is 7.15. The Balaban J connectivity index is 2.13. The normalized spacial score (nSPS) is 10.3. The third-order valence-corrected chi connectivity index (χ3v) is 3.58. The van der Waals surface area contributed by atoms with E-state index in [1.165, 1.54) is 29.5 Å². The maximum atomic E-state index is 10.7. The molecule has 0 unspecified atom stereocenters. The van der Waals surface area contributed by atoms with Gasteiger partial charge in [-0.05, 0) is 6.07 Å². The van der Waals surface area contributed by atoms with E-state index < -0.39 is 4.92 Å². The van der Waals surface area contributed by atoms with E-state index >= 15 is 0 Å². The van der Waals surface area contributed by atoms with Crippen LogP contribution in [0.25, 0.3) is 0 Å². The molecular weight excluding hydrogens is 297 g/mol. The van der Waals surface area contributed by atoms with Crippen LogP contribution >= 0.6 is 34.5 Å². The van der Waals surface area contributed by atoms with Crippen molar-refractivity contribution in [3.05, 3.63) is 48.9 Å². The quantitative estimate of drug-likeness (QED) is 0.685. The maximum absolute atomic E-state index is 10.7. The molecule has 1 heterocycles. The number of non-ortho nitro benzene ring substituents is 1. The molecule has 0 amide bonds. The van der Waals surface area contributed by atoms with Gasteiger partial charge in [0.1, 0.15) is 0 Å². The van der Waals surface area contributed by atoms with E-state index in [-0.39, 0.29) is 5.69 Å². The minimum absolute atomic E-state index is 0.00997. The summed E-state index contributed by atoms with van der Waals surface area (Å²) in [5.74, 6) is 0. The van der Waals surface area contributed by atoms with E-state index in [0.29, 0.717) is 21.7 Å². The van der Waals surface area contributed by atoms with E-state index in [1.54, 1.807) is 6.20 Å². The van der Waals surface area contributed by atoms with Crippen LogP contribution in [0, 0.1) is 10.1 Å². The number of benzene rings is 1. The zero-order valence-electron chi connectivity index (χ0n) is 8.89. The smallest absolute Gasteiger partial charge is 0.271 e. The van der Waals surface area contributed by atoms with E-state index in [4.69, 9.17) is 23.2 Å². The van der Waals surface area contributed by atoms with Gasteiger partial charge in [-0.25, -0.2) is 4.98 Å². The Bertz CT molecular complexity index is 588. The van der Waals surface area contributed by atoms with Crippen LogP contribution in [0.5, 0.6) is 0 Å². The second-order valence-electron chi connectivity index (χ2n) is 3.35. The highest BCUT2D eigenvalue weighted by atomic mass is 35.5. The molecular formula is C10H7Cl2N3O2S. The Labute approximate surface area is 117 Å². The molecule has 0 aliphatic carbocycles. The summed E-state index contributed by atoms with van der Waals surface area (Å²) in [7, 11) is 0. The second-order valence-corrected chi connectivity index (χ2v) is 5.46. The van der Waals surface area contributed by atoms with Gasteiger partial charge in [-0.2, -0.15) is 0 Å². The van der Waals surface area contributed by atoms with Crippen molar-refractivity contribution in [2.45, 2.75) is 6.54 Å². The summed E-state index contributed by atoms with van der Waals surface area (Å²) < 4.78 is 0.455. The van der Waals surface area contributed by atoms with Crippen LogP contribution in [0.15, 0.2) is 24.4 Å². The topological polar surface area (TPSA) is 68.1 Å². The summed E-state index contributed by atoms with van der Waals surface area (Å²) in [6, 6.07) is 4.24. The van der Waals surface area contributed by atoms with Crippen molar-refractivity contribution in [1.82, 2.24) is 4.98 Å². The number of aromatic nitrogens is 1. The van der Waals surface area contributed by atoms with Crippen molar-refractivity contribution in [3.8, 4) is 0 Å². The molecule has 94 valence electrons. The molecule has 1 aromatic heterocycles. The third kappa shape index (κ3) is 3.10. The van der Waals surface area contributed by atoms with Gasteiger partial charge in [0.2, 0.25) is 0 Å². The highest BCUT2D eigenvalue weighted by Crippen LogP contribution is 2.27. The van der Waals surface area contributed by atoms with Crippen molar-refractivity contribution in [2.24, 2.45) is 0 Å². The molecule has 0 aliphatic heterocycles.